The van der Waals surface area contributed by atoms with Gasteiger partial charge in [-0.2, -0.15) is 13.2 Å². The van der Waals surface area contributed by atoms with Crippen molar-refractivity contribution >= 4 is 63.4 Å². The topological polar surface area (TPSA) is 91.3 Å². The first-order chi connectivity index (χ1) is 21.0. The molecule has 4 rings (SSSR count). The summed E-state index contributed by atoms with van der Waals surface area (Å²) in [5, 5.41) is 9.66. The highest BCUT2D eigenvalue weighted by atomic mass is 35.5. The SMILES string of the molecule is C#CCN(C)c1cc2c(cc1C(=O)N[C@H]1CC[C@H](C(F)(F)F)CC1)nc(Nc1c(Cl)ccc(CNC(=O)C(C)(C)C)c1Cl)n2C. The number of nitrogens with zero attached hydrogens (tertiary/aromatic N) is 3. The van der Waals surface area contributed by atoms with Crippen LogP contribution in [0.25, 0.3) is 11.0 Å². The summed E-state index contributed by atoms with van der Waals surface area (Å²) < 4.78 is 41.2. The Balaban J connectivity index is 1.63. The molecule has 0 aliphatic heterocycles. The van der Waals surface area contributed by atoms with E-state index in [4.69, 9.17) is 34.6 Å². The molecule has 3 aromatic rings. The number of carbonyl (C=O) groups excluding carboxylic acids is 2. The monoisotopic (exact) mass is 664 g/mol. The summed E-state index contributed by atoms with van der Waals surface area (Å²) in [6.45, 7) is 5.87. The second-order valence-electron chi connectivity index (χ2n) is 12.4. The number of rotatable bonds is 8. The molecule has 1 fully saturated rings. The summed E-state index contributed by atoms with van der Waals surface area (Å²) in [4.78, 5) is 32.4. The Morgan fingerprint density at radius 3 is 2.40 bits per heavy atom. The fraction of sp³-hybridized carbons (Fsp3) is 0.469. The number of halogens is 5. The molecule has 2 amide bonds. The number of fused-ring (bicyclic) bond motifs is 1. The van der Waals surface area contributed by atoms with Gasteiger partial charge in [0.25, 0.3) is 5.91 Å². The molecule has 2 aromatic carbocycles. The van der Waals surface area contributed by atoms with Crippen LogP contribution in [-0.2, 0) is 18.4 Å². The van der Waals surface area contributed by atoms with Gasteiger partial charge in [0.2, 0.25) is 11.9 Å². The van der Waals surface area contributed by atoms with Crippen LogP contribution in [-0.4, -0.2) is 47.2 Å². The van der Waals surface area contributed by atoms with Gasteiger partial charge in [0.1, 0.15) is 0 Å². The van der Waals surface area contributed by atoms with Crippen LogP contribution < -0.4 is 20.9 Å². The lowest BCUT2D eigenvalue weighted by Gasteiger charge is -2.30. The van der Waals surface area contributed by atoms with Crippen LogP contribution in [0.2, 0.25) is 10.0 Å². The van der Waals surface area contributed by atoms with Gasteiger partial charge in [-0.25, -0.2) is 4.98 Å². The summed E-state index contributed by atoms with van der Waals surface area (Å²) in [5.41, 5.74) is 2.50. The zero-order chi connectivity index (χ0) is 33.3. The Labute approximate surface area is 271 Å². The largest absolute Gasteiger partial charge is 0.391 e. The number of terminal acetylenes is 1. The molecule has 45 heavy (non-hydrogen) atoms. The van der Waals surface area contributed by atoms with Gasteiger partial charge < -0.3 is 25.4 Å². The lowest BCUT2D eigenvalue weighted by atomic mass is 9.85. The summed E-state index contributed by atoms with van der Waals surface area (Å²) in [6.07, 6.45) is 1.77. The van der Waals surface area contributed by atoms with Crippen molar-refractivity contribution in [2.45, 2.75) is 65.2 Å². The number of hydrogen-bond acceptors (Lipinski definition) is 5. The minimum atomic E-state index is -4.23. The first-order valence-corrected chi connectivity index (χ1v) is 15.3. The van der Waals surface area contributed by atoms with E-state index in [1.165, 1.54) is 0 Å². The normalized spacial score (nSPS) is 17.1. The maximum Gasteiger partial charge on any atom is 0.391 e. The van der Waals surface area contributed by atoms with Crippen molar-refractivity contribution < 1.29 is 22.8 Å². The van der Waals surface area contributed by atoms with E-state index in [9.17, 15) is 22.8 Å². The van der Waals surface area contributed by atoms with Crippen molar-refractivity contribution in [3.63, 3.8) is 0 Å². The molecule has 0 unspecified atom stereocenters. The van der Waals surface area contributed by atoms with E-state index in [2.05, 4.69) is 21.9 Å². The van der Waals surface area contributed by atoms with Crippen molar-refractivity contribution in [2.24, 2.45) is 18.4 Å². The molecule has 1 aromatic heterocycles. The molecular formula is C32H37Cl2F3N6O2. The van der Waals surface area contributed by atoms with Gasteiger partial charge in [0, 0.05) is 32.1 Å². The molecule has 0 bridgehead atoms. The van der Waals surface area contributed by atoms with Gasteiger partial charge in [-0.05, 0) is 49.4 Å². The van der Waals surface area contributed by atoms with Crippen LogP contribution in [0.5, 0.6) is 0 Å². The first kappa shape index (κ1) is 34.3. The molecular weight excluding hydrogens is 628 g/mol. The maximum atomic E-state index is 13.5. The van der Waals surface area contributed by atoms with Crippen LogP contribution >= 0.6 is 23.2 Å². The smallest absolute Gasteiger partial charge is 0.363 e. The molecule has 0 saturated heterocycles. The first-order valence-electron chi connectivity index (χ1n) is 14.6. The highest BCUT2D eigenvalue weighted by Crippen LogP contribution is 2.39. The Bertz CT molecular complexity index is 1630. The fourth-order valence-corrected chi connectivity index (χ4v) is 5.82. The maximum absolute atomic E-state index is 13.5. The van der Waals surface area contributed by atoms with Crippen molar-refractivity contribution in [1.29, 1.82) is 0 Å². The van der Waals surface area contributed by atoms with Crippen LogP contribution in [0.3, 0.4) is 0 Å². The lowest BCUT2D eigenvalue weighted by Crippen LogP contribution is -2.40. The second-order valence-corrected chi connectivity index (χ2v) is 13.2. The minimum Gasteiger partial charge on any atom is -0.363 e. The number of hydrogen-bond donors (Lipinski definition) is 3. The zero-order valence-electron chi connectivity index (χ0n) is 25.8. The third-order valence-electron chi connectivity index (χ3n) is 8.04. The quantitative estimate of drug-likeness (QED) is 0.222. The van der Waals surface area contributed by atoms with E-state index in [0.717, 1.165) is 0 Å². The average Bonchev–Trinajstić information content (AvgIpc) is 3.27. The zero-order valence-corrected chi connectivity index (χ0v) is 27.3. The summed E-state index contributed by atoms with van der Waals surface area (Å²) >= 11 is 13.3. The van der Waals surface area contributed by atoms with E-state index < -0.39 is 23.4 Å². The van der Waals surface area contributed by atoms with E-state index in [-0.39, 0.29) is 50.7 Å². The van der Waals surface area contributed by atoms with Gasteiger partial charge in [0.05, 0.1) is 50.5 Å². The standard InChI is InChI=1S/C32H37Cl2F3N6O2/c1-7-14-42(5)24-16-25-23(15-21(24)28(44)39-20-11-9-19(10-12-20)32(35,36)37)40-30(43(25)6)41-27-22(33)13-8-18(26(27)34)17-38-29(45)31(2,3)4/h1,8,13,15-16,19-20H,9-12,14,17H2,2-6H3,(H,38,45)(H,39,44)(H,40,41)/t19-,20-. The highest BCUT2D eigenvalue weighted by Gasteiger charge is 2.41. The Morgan fingerprint density at radius 1 is 1.13 bits per heavy atom. The number of aryl methyl sites for hydroxylation is 1. The number of carbonyl (C=O) groups is 2. The van der Waals surface area contributed by atoms with E-state index >= 15 is 0 Å². The molecule has 0 atom stereocenters. The number of amides is 2. The van der Waals surface area contributed by atoms with Gasteiger partial charge >= 0.3 is 6.18 Å². The molecule has 8 nitrogen and oxygen atoms in total. The van der Waals surface area contributed by atoms with Gasteiger partial charge in [-0.15, -0.1) is 6.42 Å². The summed E-state index contributed by atoms with van der Waals surface area (Å²) in [5.74, 6) is 1.08. The van der Waals surface area contributed by atoms with Crippen molar-refractivity contribution in [2.75, 3.05) is 23.8 Å². The fourth-order valence-electron chi connectivity index (χ4n) is 5.29. The minimum absolute atomic E-state index is 0.0259. The lowest BCUT2D eigenvalue weighted by molar-refractivity contribution is -0.182. The molecule has 242 valence electrons. The summed E-state index contributed by atoms with van der Waals surface area (Å²) in [6, 6.07) is 6.47. The predicted octanol–water partition coefficient (Wildman–Crippen LogP) is 7.21. The number of alkyl halides is 3. The highest BCUT2D eigenvalue weighted by molar-refractivity contribution is 6.39. The molecule has 3 N–H and O–H groups in total. The van der Waals surface area contributed by atoms with Crippen molar-refractivity contribution in [1.82, 2.24) is 20.2 Å². The average molecular weight is 666 g/mol. The number of benzene rings is 2. The Hall–Kier alpha value is -3.62. The summed E-state index contributed by atoms with van der Waals surface area (Å²) in [7, 11) is 3.54. The van der Waals surface area contributed by atoms with Crippen LogP contribution in [0.4, 0.5) is 30.5 Å². The van der Waals surface area contributed by atoms with Crippen LogP contribution in [0, 0.1) is 23.7 Å². The molecule has 1 aliphatic carbocycles. The van der Waals surface area contributed by atoms with Crippen molar-refractivity contribution in [3.8, 4) is 12.3 Å². The number of aromatic nitrogens is 2. The molecule has 1 saturated carbocycles. The molecule has 13 heteroatoms. The van der Waals surface area contributed by atoms with Gasteiger partial charge in [0.15, 0.2) is 0 Å². The molecule has 0 radical (unpaired) electrons. The molecule has 1 heterocycles. The third kappa shape index (κ3) is 7.79. The van der Waals surface area contributed by atoms with E-state index in [1.807, 2.05) is 20.8 Å². The van der Waals surface area contributed by atoms with Crippen LogP contribution in [0.15, 0.2) is 24.3 Å². The Kier molecular flexibility index (Phi) is 10.2. The molecule has 1 aliphatic rings. The number of anilines is 3. The van der Waals surface area contributed by atoms with E-state index in [1.54, 1.807) is 47.8 Å². The third-order valence-corrected chi connectivity index (χ3v) is 8.78. The van der Waals surface area contributed by atoms with Crippen LogP contribution in [0.1, 0.15) is 62.4 Å². The van der Waals surface area contributed by atoms with Gasteiger partial charge in [-0.1, -0.05) is 56.0 Å². The van der Waals surface area contributed by atoms with E-state index in [0.29, 0.717) is 49.5 Å². The predicted molar refractivity (Wildman–Crippen MR) is 173 cm³/mol. The van der Waals surface area contributed by atoms with Gasteiger partial charge in [-0.3, -0.25) is 9.59 Å². The number of nitrogens with one attached hydrogen (secondary N) is 3. The Morgan fingerprint density at radius 2 is 1.80 bits per heavy atom. The second kappa shape index (κ2) is 13.4. The van der Waals surface area contributed by atoms with Crippen molar-refractivity contribution in [3.05, 3.63) is 45.4 Å². The molecule has 0 spiro atoms. The number of imidazole rings is 1.